The molecule has 0 aliphatic heterocycles. The Balaban J connectivity index is 2.00. The quantitative estimate of drug-likeness (QED) is 0.468. The van der Waals surface area contributed by atoms with Crippen molar-refractivity contribution in [3.63, 3.8) is 0 Å². The minimum Gasteiger partial charge on any atom is -0.316 e. The second kappa shape index (κ2) is 7.83. The van der Waals surface area contributed by atoms with Gasteiger partial charge in [0.15, 0.2) is 5.65 Å². The Labute approximate surface area is 167 Å². The SMILES string of the molecule is C=CCCc1nccn1-c1nc(CC)c2[nH]c(=O)c3cnc(CCC=C)n3c2n1. The fraction of sp³-hybridized carbons (Fsp3) is 0.286. The van der Waals surface area contributed by atoms with Gasteiger partial charge in [0.25, 0.3) is 5.56 Å². The summed E-state index contributed by atoms with van der Waals surface area (Å²) in [5.41, 5.74) is 2.33. The number of aryl methyl sites for hydroxylation is 3. The summed E-state index contributed by atoms with van der Waals surface area (Å²) in [4.78, 5) is 34.0. The summed E-state index contributed by atoms with van der Waals surface area (Å²) in [6.45, 7) is 9.57. The number of fused-ring (bicyclic) bond motifs is 3. The molecule has 0 spiro atoms. The highest BCUT2D eigenvalue weighted by Gasteiger charge is 2.17. The zero-order valence-corrected chi connectivity index (χ0v) is 16.4. The second-order valence-electron chi connectivity index (χ2n) is 6.74. The standard InChI is InChI=1S/C21H23N7O/c1-4-7-9-16-22-11-12-27(16)21-24-14(6-3)18-19(26-21)28-15(20(29)25-18)13-23-17(28)10-8-5-2/h4-5,11-13H,1-2,6-10H2,3H3,(H,25,29). The van der Waals surface area contributed by atoms with Crippen LogP contribution in [0.2, 0.25) is 0 Å². The van der Waals surface area contributed by atoms with Crippen molar-refractivity contribution in [1.82, 2.24) is 33.9 Å². The summed E-state index contributed by atoms with van der Waals surface area (Å²) in [7, 11) is 0. The van der Waals surface area contributed by atoms with Crippen molar-refractivity contribution in [2.75, 3.05) is 0 Å². The lowest BCUT2D eigenvalue weighted by Gasteiger charge is -2.12. The maximum absolute atomic E-state index is 12.6. The molecule has 0 unspecified atom stereocenters. The highest BCUT2D eigenvalue weighted by atomic mass is 16.1. The van der Waals surface area contributed by atoms with Crippen LogP contribution in [0, 0.1) is 0 Å². The van der Waals surface area contributed by atoms with Crippen molar-refractivity contribution in [2.24, 2.45) is 0 Å². The van der Waals surface area contributed by atoms with E-state index in [0.717, 1.165) is 36.6 Å². The Morgan fingerprint density at radius 3 is 2.59 bits per heavy atom. The smallest absolute Gasteiger partial charge is 0.274 e. The first-order valence-electron chi connectivity index (χ1n) is 9.71. The van der Waals surface area contributed by atoms with Gasteiger partial charge in [-0.1, -0.05) is 19.1 Å². The summed E-state index contributed by atoms with van der Waals surface area (Å²) < 4.78 is 3.72. The predicted molar refractivity (Wildman–Crippen MR) is 112 cm³/mol. The highest BCUT2D eigenvalue weighted by molar-refractivity contribution is 5.77. The molecule has 0 aromatic carbocycles. The molecule has 8 heteroatoms. The second-order valence-corrected chi connectivity index (χ2v) is 6.74. The lowest BCUT2D eigenvalue weighted by molar-refractivity contribution is 0.797. The van der Waals surface area contributed by atoms with Gasteiger partial charge < -0.3 is 4.98 Å². The molecule has 4 heterocycles. The maximum atomic E-state index is 12.6. The summed E-state index contributed by atoms with van der Waals surface area (Å²) in [6, 6.07) is 0. The van der Waals surface area contributed by atoms with Gasteiger partial charge in [0.1, 0.15) is 22.7 Å². The van der Waals surface area contributed by atoms with Crippen molar-refractivity contribution in [1.29, 1.82) is 0 Å². The van der Waals surface area contributed by atoms with Crippen LogP contribution in [0.5, 0.6) is 0 Å². The van der Waals surface area contributed by atoms with E-state index in [9.17, 15) is 4.79 Å². The minimum absolute atomic E-state index is 0.199. The van der Waals surface area contributed by atoms with Crippen LogP contribution in [-0.4, -0.2) is 33.9 Å². The first kappa shape index (κ1) is 18.8. The third-order valence-electron chi connectivity index (χ3n) is 4.88. The average Bonchev–Trinajstić information content (AvgIpc) is 3.37. The van der Waals surface area contributed by atoms with E-state index in [1.54, 1.807) is 12.4 Å². The van der Waals surface area contributed by atoms with Crippen LogP contribution in [0.15, 0.2) is 48.7 Å². The van der Waals surface area contributed by atoms with Crippen molar-refractivity contribution >= 4 is 16.7 Å². The number of nitrogens with one attached hydrogen (secondary N) is 1. The van der Waals surface area contributed by atoms with E-state index in [1.807, 2.05) is 34.2 Å². The van der Waals surface area contributed by atoms with Crippen LogP contribution in [0.4, 0.5) is 0 Å². The Morgan fingerprint density at radius 1 is 1.10 bits per heavy atom. The lowest BCUT2D eigenvalue weighted by Crippen LogP contribution is -2.16. The molecule has 0 fully saturated rings. The average molecular weight is 389 g/mol. The molecule has 0 saturated heterocycles. The normalized spacial score (nSPS) is 11.3. The van der Waals surface area contributed by atoms with E-state index < -0.39 is 0 Å². The van der Waals surface area contributed by atoms with E-state index in [4.69, 9.17) is 9.97 Å². The van der Waals surface area contributed by atoms with Crippen molar-refractivity contribution < 1.29 is 0 Å². The minimum atomic E-state index is -0.199. The molecule has 148 valence electrons. The van der Waals surface area contributed by atoms with Crippen LogP contribution in [0.25, 0.3) is 22.6 Å². The topological polar surface area (TPSA) is 93.8 Å². The highest BCUT2D eigenvalue weighted by Crippen LogP contribution is 2.19. The van der Waals surface area contributed by atoms with E-state index in [1.165, 1.54) is 0 Å². The fourth-order valence-electron chi connectivity index (χ4n) is 3.44. The largest absolute Gasteiger partial charge is 0.316 e. The van der Waals surface area contributed by atoms with Gasteiger partial charge in [0.05, 0.1) is 11.9 Å². The monoisotopic (exact) mass is 389 g/mol. The van der Waals surface area contributed by atoms with Gasteiger partial charge in [0.2, 0.25) is 5.95 Å². The number of hydrogen-bond donors (Lipinski definition) is 1. The Morgan fingerprint density at radius 2 is 1.86 bits per heavy atom. The number of aromatic nitrogens is 7. The number of allylic oxidation sites excluding steroid dienone is 2. The molecular formula is C21H23N7O. The van der Waals surface area contributed by atoms with Gasteiger partial charge in [0, 0.05) is 25.2 Å². The summed E-state index contributed by atoms with van der Waals surface area (Å²) in [5, 5.41) is 0. The number of rotatable bonds is 8. The molecule has 29 heavy (non-hydrogen) atoms. The Kier molecular flexibility index (Phi) is 5.07. The van der Waals surface area contributed by atoms with Crippen LogP contribution in [0.3, 0.4) is 0 Å². The molecule has 8 nitrogen and oxygen atoms in total. The zero-order chi connectivity index (χ0) is 20.4. The van der Waals surface area contributed by atoms with Gasteiger partial charge in [-0.25, -0.2) is 15.0 Å². The summed E-state index contributed by atoms with van der Waals surface area (Å²) >= 11 is 0. The molecule has 0 bridgehead atoms. The van der Waals surface area contributed by atoms with Gasteiger partial charge in [-0.15, -0.1) is 13.2 Å². The predicted octanol–water partition coefficient (Wildman–Crippen LogP) is 2.95. The van der Waals surface area contributed by atoms with Crippen LogP contribution < -0.4 is 5.56 Å². The third kappa shape index (κ3) is 3.26. The van der Waals surface area contributed by atoms with E-state index in [-0.39, 0.29) is 5.56 Å². The molecule has 4 aromatic heterocycles. The first-order valence-corrected chi connectivity index (χ1v) is 9.71. The molecule has 4 rings (SSSR count). The van der Waals surface area contributed by atoms with E-state index in [0.29, 0.717) is 35.5 Å². The number of hydrogen-bond acceptors (Lipinski definition) is 5. The molecule has 0 amide bonds. The van der Waals surface area contributed by atoms with Crippen molar-refractivity contribution in [3.05, 3.63) is 71.6 Å². The summed E-state index contributed by atoms with van der Waals surface area (Å²) in [6.07, 6.45) is 12.5. The van der Waals surface area contributed by atoms with Gasteiger partial charge in [-0.2, -0.15) is 4.98 Å². The van der Waals surface area contributed by atoms with Gasteiger partial charge >= 0.3 is 0 Å². The number of H-pyrrole nitrogens is 1. The van der Waals surface area contributed by atoms with E-state index in [2.05, 4.69) is 28.1 Å². The van der Waals surface area contributed by atoms with Gasteiger partial charge in [-0.05, 0) is 19.3 Å². The van der Waals surface area contributed by atoms with E-state index >= 15 is 0 Å². The number of imidazole rings is 2. The van der Waals surface area contributed by atoms with Crippen LogP contribution in [-0.2, 0) is 19.3 Å². The number of aromatic amines is 1. The van der Waals surface area contributed by atoms with Crippen LogP contribution >= 0.6 is 0 Å². The zero-order valence-electron chi connectivity index (χ0n) is 16.4. The molecule has 0 atom stereocenters. The number of nitrogens with zero attached hydrogens (tertiary/aromatic N) is 6. The Hall–Kier alpha value is -3.55. The van der Waals surface area contributed by atoms with Gasteiger partial charge in [-0.3, -0.25) is 13.8 Å². The molecular weight excluding hydrogens is 366 g/mol. The molecule has 0 aliphatic rings. The van der Waals surface area contributed by atoms with Crippen molar-refractivity contribution in [2.45, 2.75) is 39.0 Å². The first-order chi connectivity index (χ1) is 14.2. The third-order valence-corrected chi connectivity index (χ3v) is 4.88. The summed E-state index contributed by atoms with van der Waals surface area (Å²) in [5.74, 6) is 2.17. The molecule has 1 N–H and O–H groups in total. The van der Waals surface area contributed by atoms with Crippen LogP contribution in [0.1, 0.15) is 37.1 Å². The molecule has 0 aliphatic carbocycles. The molecule has 0 radical (unpaired) electrons. The van der Waals surface area contributed by atoms with Crippen molar-refractivity contribution in [3.8, 4) is 5.95 Å². The molecule has 0 saturated carbocycles. The fourth-order valence-corrected chi connectivity index (χ4v) is 3.44. The molecule has 4 aromatic rings. The maximum Gasteiger partial charge on any atom is 0.274 e. The Bertz CT molecular complexity index is 1260. The lowest BCUT2D eigenvalue weighted by atomic mass is 10.2.